The minimum atomic E-state index is -1.06. The van der Waals surface area contributed by atoms with Gasteiger partial charge in [-0.05, 0) is 22.9 Å². The summed E-state index contributed by atoms with van der Waals surface area (Å²) < 4.78 is 0. The Hall–Kier alpha value is -1.78. The second-order valence-corrected chi connectivity index (χ2v) is 3.32. The molecule has 0 aromatic heterocycles. The molecule has 0 aliphatic carbocycles. The van der Waals surface area contributed by atoms with Crippen LogP contribution in [0.1, 0.15) is 20.7 Å². The maximum absolute atomic E-state index is 10.9. The van der Waals surface area contributed by atoms with Crippen molar-refractivity contribution in [2.75, 3.05) is 0 Å². The van der Waals surface area contributed by atoms with Gasteiger partial charge in [0.1, 0.15) is 0 Å². The molecule has 0 bridgehead atoms. The largest absolute Gasteiger partial charge is 0.478 e. The van der Waals surface area contributed by atoms with E-state index in [9.17, 15) is 9.59 Å². The van der Waals surface area contributed by atoms with Crippen molar-refractivity contribution in [2.24, 2.45) is 0 Å². The monoisotopic (exact) mass is 267 g/mol. The Kier molecular flexibility index (Phi) is 3.94. The van der Waals surface area contributed by atoms with Crippen LogP contribution in [0.15, 0.2) is 36.4 Å². The van der Waals surface area contributed by atoms with Gasteiger partial charge < -0.3 is 10.2 Å². The summed E-state index contributed by atoms with van der Waals surface area (Å²) in [5.74, 6) is -2.12. The van der Waals surface area contributed by atoms with Gasteiger partial charge in [-0.25, -0.2) is 9.59 Å². The number of hydrogen-bond donors (Lipinski definition) is 2. The number of benzene rings is 2. The zero-order valence-electron chi connectivity index (χ0n) is 8.62. The molecule has 2 aromatic rings. The van der Waals surface area contributed by atoms with E-state index in [0.29, 0.717) is 10.8 Å². The number of carboxylic acid groups (broad SMARTS) is 2. The SMILES string of the molecule is O=C(O)c1ccc(C(=O)O)c2ccccc12.[V]. The Morgan fingerprint density at radius 3 is 1.41 bits per heavy atom. The predicted molar refractivity (Wildman–Crippen MR) is 57.9 cm³/mol. The number of carbonyl (C=O) groups is 2. The maximum atomic E-state index is 10.9. The third-order valence-corrected chi connectivity index (χ3v) is 2.38. The van der Waals surface area contributed by atoms with Gasteiger partial charge in [-0.15, -0.1) is 0 Å². The van der Waals surface area contributed by atoms with Crippen LogP contribution in [-0.4, -0.2) is 22.2 Å². The molecule has 0 heterocycles. The van der Waals surface area contributed by atoms with Crippen molar-refractivity contribution >= 4 is 22.7 Å². The number of rotatable bonds is 2. The van der Waals surface area contributed by atoms with Crippen LogP contribution in [0.2, 0.25) is 0 Å². The minimum absolute atomic E-state index is 0. The molecule has 0 fully saturated rings. The zero-order valence-corrected chi connectivity index (χ0v) is 10.0. The van der Waals surface area contributed by atoms with E-state index in [1.807, 2.05) is 0 Å². The fourth-order valence-electron chi connectivity index (χ4n) is 1.67. The third-order valence-electron chi connectivity index (χ3n) is 2.38. The quantitative estimate of drug-likeness (QED) is 0.874. The fraction of sp³-hybridized carbons (Fsp3) is 0. The summed E-state index contributed by atoms with van der Waals surface area (Å²) in [6, 6.07) is 9.19. The van der Waals surface area contributed by atoms with Crippen molar-refractivity contribution in [3.05, 3.63) is 47.5 Å². The van der Waals surface area contributed by atoms with E-state index in [1.54, 1.807) is 24.3 Å². The van der Waals surface area contributed by atoms with E-state index < -0.39 is 11.9 Å². The van der Waals surface area contributed by atoms with Crippen LogP contribution in [0.3, 0.4) is 0 Å². The molecule has 0 amide bonds. The molecular formula is C12H8O4V. The summed E-state index contributed by atoms with van der Waals surface area (Å²) in [4.78, 5) is 21.9. The van der Waals surface area contributed by atoms with Gasteiger partial charge in [0.15, 0.2) is 0 Å². The van der Waals surface area contributed by atoms with Crippen molar-refractivity contribution in [1.29, 1.82) is 0 Å². The molecule has 0 aliphatic heterocycles. The van der Waals surface area contributed by atoms with Crippen LogP contribution in [0.25, 0.3) is 10.8 Å². The number of hydrogen-bond acceptors (Lipinski definition) is 2. The maximum Gasteiger partial charge on any atom is 0.336 e. The Bertz CT molecular complexity index is 540. The molecule has 0 atom stereocenters. The number of carboxylic acids is 2. The number of aromatic carboxylic acids is 2. The summed E-state index contributed by atoms with van der Waals surface area (Å²) in [6.45, 7) is 0. The van der Waals surface area contributed by atoms with Crippen molar-refractivity contribution in [3.63, 3.8) is 0 Å². The van der Waals surface area contributed by atoms with Crippen LogP contribution in [0.4, 0.5) is 0 Å². The molecule has 4 nitrogen and oxygen atoms in total. The molecule has 2 rings (SSSR count). The molecule has 2 aromatic carbocycles. The van der Waals surface area contributed by atoms with Gasteiger partial charge in [-0.1, -0.05) is 24.3 Å². The van der Waals surface area contributed by atoms with Gasteiger partial charge in [0.05, 0.1) is 11.1 Å². The molecule has 0 saturated carbocycles. The van der Waals surface area contributed by atoms with E-state index in [1.165, 1.54) is 12.1 Å². The first kappa shape index (κ1) is 13.3. The van der Waals surface area contributed by atoms with Crippen molar-refractivity contribution < 1.29 is 38.4 Å². The summed E-state index contributed by atoms with van der Waals surface area (Å²) in [6.07, 6.45) is 0. The Morgan fingerprint density at radius 2 is 1.12 bits per heavy atom. The molecule has 5 heteroatoms. The molecule has 17 heavy (non-hydrogen) atoms. The average Bonchev–Trinajstić information content (AvgIpc) is 2.27. The summed E-state index contributed by atoms with van der Waals surface area (Å²) in [5.41, 5.74) is 0.223. The molecule has 0 saturated heterocycles. The normalized spacial score (nSPS) is 9.65. The first-order valence-electron chi connectivity index (χ1n) is 4.59. The molecule has 0 spiro atoms. The first-order chi connectivity index (χ1) is 7.61. The minimum Gasteiger partial charge on any atom is -0.478 e. The van der Waals surface area contributed by atoms with Gasteiger partial charge in [0.25, 0.3) is 0 Å². The van der Waals surface area contributed by atoms with Crippen molar-refractivity contribution in [3.8, 4) is 0 Å². The Morgan fingerprint density at radius 1 is 0.765 bits per heavy atom. The molecule has 0 aliphatic rings. The Labute approximate surface area is 109 Å². The van der Waals surface area contributed by atoms with Crippen LogP contribution in [0.5, 0.6) is 0 Å². The average molecular weight is 267 g/mol. The second kappa shape index (κ2) is 5.04. The zero-order chi connectivity index (χ0) is 11.7. The number of fused-ring (bicyclic) bond motifs is 1. The predicted octanol–water partition coefficient (Wildman–Crippen LogP) is 2.23. The van der Waals surface area contributed by atoms with E-state index in [-0.39, 0.29) is 29.7 Å². The molecule has 2 N–H and O–H groups in total. The molecule has 85 valence electrons. The Balaban J connectivity index is 0.00000144. The van der Waals surface area contributed by atoms with Gasteiger partial charge in [0, 0.05) is 18.6 Å². The van der Waals surface area contributed by atoms with Crippen LogP contribution >= 0.6 is 0 Å². The summed E-state index contributed by atoms with van der Waals surface area (Å²) in [7, 11) is 0. The first-order valence-corrected chi connectivity index (χ1v) is 4.59. The van der Waals surface area contributed by atoms with E-state index in [4.69, 9.17) is 10.2 Å². The second-order valence-electron chi connectivity index (χ2n) is 3.32. The summed E-state index contributed by atoms with van der Waals surface area (Å²) in [5, 5.41) is 18.8. The fourth-order valence-corrected chi connectivity index (χ4v) is 1.67. The van der Waals surface area contributed by atoms with Gasteiger partial charge in [-0.3, -0.25) is 0 Å². The van der Waals surface area contributed by atoms with Crippen molar-refractivity contribution in [2.45, 2.75) is 0 Å². The van der Waals surface area contributed by atoms with Gasteiger partial charge in [0.2, 0.25) is 0 Å². The van der Waals surface area contributed by atoms with Gasteiger partial charge in [-0.2, -0.15) is 0 Å². The summed E-state index contributed by atoms with van der Waals surface area (Å²) >= 11 is 0. The van der Waals surface area contributed by atoms with Crippen LogP contribution in [0, 0.1) is 0 Å². The van der Waals surface area contributed by atoms with Gasteiger partial charge >= 0.3 is 11.9 Å². The smallest absolute Gasteiger partial charge is 0.336 e. The van der Waals surface area contributed by atoms with E-state index in [0.717, 1.165) is 0 Å². The molecule has 0 unspecified atom stereocenters. The van der Waals surface area contributed by atoms with E-state index >= 15 is 0 Å². The van der Waals surface area contributed by atoms with E-state index in [2.05, 4.69) is 0 Å². The van der Waals surface area contributed by atoms with Crippen LogP contribution in [-0.2, 0) is 18.6 Å². The molecule has 1 radical (unpaired) electrons. The standard InChI is InChI=1S/C12H8O4.V/c13-11(14)9-5-6-10(12(15)16)8-4-2-1-3-7(8)9;/h1-6H,(H,13,14)(H,15,16);. The van der Waals surface area contributed by atoms with Crippen LogP contribution < -0.4 is 0 Å². The molecular weight excluding hydrogens is 259 g/mol. The van der Waals surface area contributed by atoms with Crippen molar-refractivity contribution in [1.82, 2.24) is 0 Å². The topological polar surface area (TPSA) is 74.6 Å². The third kappa shape index (κ3) is 2.33.